The van der Waals surface area contributed by atoms with Crippen LogP contribution in [0.1, 0.15) is 20.8 Å². The summed E-state index contributed by atoms with van der Waals surface area (Å²) in [5.41, 5.74) is 0.396. The number of ether oxygens (including phenoxy) is 1. The van der Waals surface area contributed by atoms with Gasteiger partial charge in [-0.3, -0.25) is 4.99 Å². The maximum atomic E-state index is 14.2. The summed E-state index contributed by atoms with van der Waals surface area (Å²) in [5.74, 6) is -0.536. The number of benzene rings is 1. The van der Waals surface area contributed by atoms with Gasteiger partial charge in [-0.15, -0.1) is 0 Å². The van der Waals surface area contributed by atoms with Crippen LogP contribution in [0.25, 0.3) is 5.69 Å². The van der Waals surface area contributed by atoms with Crippen LogP contribution < -0.4 is 10.4 Å². The Morgan fingerprint density at radius 3 is 2.65 bits per heavy atom. The average molecular weight is 323 g/mol. The van der Waals surface area contributed by atoms with Crippen molar-refractivity contribution < 1.29 is 14.2 Å². The van der Waals surface area contributed by atoms with E-state index in [4.69, 9.17) is 4.74 Å². The lowest BCUT2D eigenvalue weighted by Crippen LogP contribution is -2.23. The van der Waals surface area contributed by atoms with Gasteiger partial charge in [0.1, 0.15) is 23.7 Å². The van der Waals surface area contributed by atoms with Crippen LogP contribution in [0.4, 0.5) is 10.1 Å². The molecule has 1 aromatic carbocycles. The van der Waals surface area contributed by atoms with Gasteiger partial charge in [0.05, 0.1) is 6.10 Å². The summed E-state index contributed by atoms with van der Waals surface area (Å²) >= 11 is 0. The van der Waals surface area contributed by atoms with E-state index in [2.05, 4.69) is 15.4 Å². The summed E-state index contributed by atoms with van der Waals surface area (Å²) in [7, 11) is 1.45. The van der Waals surface area contributed by atoms with Crippen LogP contribution in [0.3, 0.4) is 0 Å². The standard InChI is InChI=1S/C14H18FN5O3/c1-8(2)16-11-6-12(20-14(22)19(4)17-18-20)13(5-10(11)15)23-7-9(3)21/h5-6,9,21H,7H2,1-4H3. The largest absolute Gasteiger partial charge is 0.489 e. The molecule has 1 N–H and O–H groups in total. The molecule has 1 aromatic heterocycles. The summed E-state index contributed by atoms with van der Waals surface area (Å²) in [5, 5.41) is 16.7. The third-order valence-corrected chi connectivity index (χ3v) is 2.80. The molecule has 23 heavy (non-hydrogen) atoms. The highest BCUT2D eigenvalue weighted by Crippen LogP contribution is 2.30. The topological polar surface area (TPSA) is 94.5 Å². The Balaban J connectivity index is 2.61. The number of hydrogen-bond donors (Lipinski definition) is 1. The molecule has 1 heterocycles. The van der Waals surface area contributed by atoms with Gasteiger partial charge in [0.2, 0.25) is 0 Å². The maximum Gasteiger partial charge on any atom is 0.368 e. The summed E-state index contributed by atoms with van der Waals surface area (Å²) < 4.78 is 21.6. The predicted molar refractivity (Wildman–Crippen MR) is 82.2 cm³/mol. The van der Waals surface area contributed by atoms with E-state index in [0.29, 0.717) is 5.71 Å². The summed E-state index contributed by atoms with van der Waals surface area (Å²) in [6, 6.07) is 2.47. The van der Waals surface area contributed by atoms with Crippen molar-refractivity contribution in [2.75, 3.05) is 6.61 Å². The SMILES string of the molecule is CC(C)=Nc1cc(-n2nnn(C)c2=O)c(OCC(C)O)cc1F. The summed E-state index contributed by atoms with van der Waals surface area (Å²) in [6.45, 7) is 4.93. The van der Waals surface area contributed by atoms with Crippen LogP contribution in [-0.2, 0) is 7.05 Å². The molecule has 9 heteroatoms. The molecule has 1 atom stereocenters. The Labute approximate surface area is 131 Å². The number of rotatable bonds is 5. The van der Waals surface area contributed by atoms with E-state index >= 15 is 0 Å². The Hall–Kier alpha value is -2.55. The molecular weight excluding hydrogens is 305 g/mol. The van der Waals surface area contributed by atoms with Gasteiger partial charge in [-0.1, -0.05) is 0 Å². The second kappa shape index (κ2) is 6.69. The van der Waals surface area contributed by atoms with Crippen molar-refractivity contribution in [3.63, 3.8) is 0 Å². The number of aliphatic hydroxyl groups excluding tert-OH is 1. The molecule has 0 fully saturated rings. The quantitative estimate of drug-likeness (QED) is 0.828. The first kappa shape index (κ1) is 16.8. The van der Waals surface area contributed by atoms with E-state index in [-0.39, 0.29) is 23.7 Å². The fourth-order valence-electron chi connectivity index (χ4n) is 1.82. The Morgan fingerprint density at radius 2 is 2.13 bits per heavy atom. The lowest BCUT2D eigenvalue weighted by molar-refractivity contribution is 0.122. The van der Waals surface area contributed by atoms with Crippen molar-refractivity contribution >= 4 is 11.4 Å². The van der Waals surface area contributed by atoms with Crippen LogP contribution >= 0.6 is 0 Å². The van der Waals surface area contributed by atoms with Crippen molar-refractivity contribution in [1.29, 1.82) is 0 Å². The first-order valence-electron chi connectivity index (χ1n) is 6.95. The minimum absolute atomic E-state index is 0.0574. The number of nitrogens with zero attached hydrogens (tertiary/aromatic N) is 5. The van der Waals surface area contributed by atoms with Crippen LogP contribution in [0.15, 0.2) is 21.9 Å². The summed E-state index contributed by atoms with van der Waals surface area (Å²) in [4.78, 5) is 16.1. The van der Waals surface area contributed by atoms with Crippen molar-refractivity contribution in [2.45, 2.75) is 26.9 Å². The molecule has 0 spiro atoms. The predicted octanol–water partition coefficient (Wildman–Crippen LogP) is 0.977. The number of halogens is 1. The third kappa shape index (κ3) is 3.81. The molecule has 0 aliphatic rings. The number of aromatic nitrogens is 4. The smallest absolute Gasteiger partial charge is 0.368 e. The highest BCUT2D eigenvalue weighted by Gasteiger charge is 2.17. The van der Waals surface area contributed by atoms with Gasteiger partial charge in [0.15, 0.2) is 5.82 Å². The number of hydrogen-bond acceptors (Lipinski definition) is 6. The van der Waals surface area contributed by atoms with Gasteiger partial charge >= 0.3 is 5.69 Å². The van der Waals surface area contributed by atoms with E-state index in [1.165, 1.54) is 20.0 Å². The fourth-order valence-corrected chi connectivity index (χ4v) is 1.82. The molecule has 8 nitrogen and oxygen atoms in total. The molecule has 0 aliphatic heterocycles. The molecule has 2 aromatic rings. The van der Waals surface area contributed by atoms with Crippen LogP contribution in [0.5, 0.6) is 5.75 Å². The van der Waals surface area contributed by atoms with Gasteiger partial charge in [-0.05, 0) is 37.3 Å². The van der Waals surface area contributed by atoms with E-state index in [1.54, 1.807) is 13.8 Å². The number of aliphatic hydroxyl groups is 1. The normalized spacial score (nSPS) is 12.1. The molecule has 0 amide bonds. The van der Waals surface area contributed by atoms with Gasteiger partial charge < -0.3 is 9.84 Å². The van der Waals surface area contributed by atoms with E-state index in [1.807, 2.05) is 0 Å². The molecule has 0 saturated heterocycles. The van der Waals surface area contributed by atoms with Crippen molar-refractivity contribution in [3.05, 3.63) is 28.4 Å². The minimum Gasteiger partial charge on any atom is -0.489 e. The average Bonchev–Trinajstić information content (AvgIpc) is 2.78. The first-order valence-corrected chi connectivity index (χ1v) is 6.95. The monoisotopic (exact) mass is 323 g/mol. The maximum absolute atomic E-state index is 14.2. The zero-order chi connectivity index (χ0) is 17.1. The first-order chi connectivity index (χ1) is 10.8. The Kier molecular flexibility index (Phi) is 4.89. The third-order valence-electron chi connectivity index (χ3n) is 2.80. The zero-order valence-corrected chi connectivity index (χ0v) is 13.3. The number of tetrazole rings is 1. The molecule has 0 radical (unpaired) electrons. The lowest BCUT2D eigenvalue weighted by Gasteiger charge is -2.13. The van der Waals surface area contributed by atoms with E-state index in [9.17, 15) is 14.3 Å². The Morgan fingerprint density at radius 1 is 1.43 bits per heavy atom. The summed E-state index contributed by atoms with van der Waals surface area (Å²) in [6.07, 6.45) is -0.750. The second-order valence-electron chi connectivity index (χ2n) is 5.29. The molecule has 0 bridgehead atoms. The molecule has 0 aliphatic carbocycles. The second-order valence-corrected chi connectivity index (χ2v) is 5.29. The van der Waals surface area contributed by atoms with Gasteiger partial charge in [0.25, 0.3) is 0 Å². The van der Waals surface area contributed by atoms with Gasteiger partial charge in [0, 0.05) is 18.8 Å². The Bertz CT molecular complexity index is 790. The molecule has 0 saturated carbocycles. The molecule has 124 valence electrons. The van der Waals surface area contributed by atoms with E-state index < -0.39 is 17.6 Å². The van der Waals surface area contributed by atoms with Crippen molar-refractivity contribution in [1.82, 2.24) is 19.8 Å². The van der Waals surface area contributed by atoms with Crippen LogP contribution in [-0.4, -0.2) is 43.3 Å². The highest BCUT2D eigenvalue weighted by atomic mass is 19.1. The van der Waals surface area contributed by atoms with Gasteiger partial charge in [-0.2, -0.15) is 9.36 Å². The minimum atomic E-state index is -0.750. The van der Waals surface area contributed by atoms with Crippen LogP contribution in [0, 0.1) is 5.82 Å². The van der Waals surface area contributed by atoms with Crippen LogP contribution in [0.2, 0.25) is 0 Å². The number of aliphatic imine (C=N–C) groups is 1. The van der Waals surface area contributed by atoms with Gasteiger partial charge in [-0.25, -0.2) is 9.18 Å². The fraction of sp³-hybridized carbons (Fsp3) is 0.429. The van der Waals surface area contributed by atoms with Crippen molar-refractivity contribution in [2.24, 2.45) is 12.0 Å². The van der Waals surface area contributed by atoms with Crippen molar-refractivity contribution in [3.8, 4) is 11.4 Å². The van der Waals surface area contributed by atoms with E-state index in [0.717, 1.165) is 15.4 Å². The zero-order valence-electron chi connectivity index (χ0n) is 13.3. The number of aryl methyl sites for hydroxylation is 1. The lowest BCUT2D eigenvalue weighted by atomic mass is 10.2. The molecular formula is C14H18FN5O3. The molecule has 2 rings (SSSR count). The molecule has 1 unspecified atom stereocenters. The highest BCUT2D eigenvalue weighted by molar-refractivity contribution is 5.82.